The van der Waals surface area contributed by atoms with Crippen LogP contribution in [0.2, 0.25) is 0 Å². The highest BCUT2D eigenvalue weighted by Gasteiger charge is 2.19. The number of hydrogen-bond donors (Lipinski definition) is 1. The quantitative estimate of drug-likeness (QED) is 0.353. The van der Waals surface area contributed by atoms with Crippen molar-refractivity contribution in [1.29, 1.82) is 0 Å². The minimum absolute atomic E-state index is 0.0185. The molecule has 1 fully saturated rings. The number of carbonyl (C=O) groups excluding carboxylic acids is 2. The second kappa shape index (κ2) is 11.5. The predicted octanol–water partition coefficient (Wildman–Crippen LogP) is 6.13. The van der Waals surface area contributed by atoms with Gasteiger partial charge >= 0.3 is 0 Å². The Morgan fingerprint density at radius 1 is 1.22 bits per heavy atom. The van der Waals surface area contributed by atoms with Crippen LogP contribution in [0.25, 0.3) is 0 Å². The third-order valence-corrected chi connectivity index (χ3v) is 6.04. The first-order chi connectivity index (χ1) is 13.0. The highest BCUT2D eigenvalue weighted by atomic mass is 79.9. The lowest BCUT2D eigenvalue weighted by molar-refractivity contribution is -0.116. The molecule has 0 spiro atoms. The number of ether oxygens (including phenoxy) is 1. The molecule has 1 amide bonds. The number of benzene rings is 1. The third-order valence-electron chi connectivity index (χ3n) is 5.17. The summed E-state index contributed by atoms with van der Waals surface area (Å²) in [6.45, 7) is 4.43. The molecule has 27 heavy (non-hydrogen) atoms. The number of alkyl halides is 1. The maximum Gasteiger partial charge on any atom is 0.224 e. The Bertz CT molecular complexity index is 626. The van der Waals surface area contributed by atoms with Gasteiger partial charge in [0, 0.05) is 12.0 Å². The number of amides is 1. The van der Waals surface area contributed by atoms with Gasteiger partial charge in [0.15, 0.2) is 5.78 Å². The lowest BCUT2D eigenvalue weighted by atomic mass is 9.86. The number of Topliss-reactive ketones (excluding diaryl/α,β-unsaturated/α-hetero) is 1. The molecule has 0 aliphatic heterocycles. The molecular formula is C22H32BrNO3. The van der Waals surface area contributed by atoms with Crippen LogP contribution < -0.4 is 10.1 Å². The van der Waals surface area contributed by atoms with Crippen molar-refractivity contribution < 1.29 is 14.3 Å². The molecule has 0 heterocycles. The summed E-state index contributed by atoms with van der Waals surface area (Å²) in [6, 6.07) is 5.29. The van der Waals surface area contributed by atoms with Gasteiger partial charge < -0.3 is 10.1 Å². The largest absolute Gasteiger partial charge is 0.492 e. The van der Waals surface area contributed by atoms with Crippen molar-refractivity contribution in [3.8, 4) is 5.75 Å². The first-order valence-corrected chi connectivity index (χ1v) is 11.2. The van der Waals surface area contributed by atoms with E-state index in [0.29, 0.717) is 35.9 Å². The smallest absolute Gasteiger partial charge is 0.224 e. The number of halogens is 1. The monoisotopic (exact) mass is 437 g/mol. The summed E-state index contributed by atoms with van der Waals surface area (Å²) in [6.07, 6.45) is 9.65. The summed E-state index contributed by atoms with van der Waals surface area (Å²) >= 11 is 3.46. The number of rotatable bonds is 10. The van der Waals surface area contributed by atoms with Crippen molar-refractivity contribution >= 4 is 33.3 Å². The lowest BCUT2D eigenvalue weighted by Crippen LogP contribution is -2.17. The molecule has 1 aliphatic carbocycles. The van der Waals surface area contributed by atoms with Crippen LogP contribution in [0.3, 0.4) is 0 Å². The van der Waals surface area contributed by atoms with E-state index in [1.54, 1.807) is 18.2 Å². The van der Waals surface area contributed by atoms with Crippen molar-refractivity contribution in [1.82, 2.24) is 0 Å². The van der Waals surface area contributed by atoms with E-state index in [1.807, 2.05) is 6.92 Å². The highest BCUT2D eigenvalue weighted by Crippen LogP contribution is 2.30. The summed E-state index contributed by atoms with van der Waals surface area (Å²) < 4.78 is 5.68. The molecule has 1 aromatic rings. The zero-order valence-electron chi connectivity index (χ0n) is 16.6. The fourth-order valence-corrected chi connectivity index (χ4v) is 4.37. The summed E-state index contributed by atoms with van der Waals surface area (Å²) in [4.78, 5) is 24.7. The summed E-state index contributed by atoms with van der Waals surface area (Å²) in [5.41, 5.74) is 1.25. The van der Waals surface area contributed by atoms with Crippen molar-refractivity contribution in [2.75, 3.05) is 11.9 Å². The van der Waals surface area contributed by atoms with E-state index >= 15 is 0 Å². The molecular weight excluding hydrogens is 406 g/mol. The Kier molecular flexibility index (Phi) is 9.32. The first-order valence-electron chi connectivity index (χ1n) is 10.3. The van der Waals surface area contributed by atoms with Gasteiger partial charge in [0.1, 0.15) is 5.75 Å². The van der Waals surface area contributed by atoms with Gasteiger partial charge in [-0.15, -0.1) is 0 Å². The van der Waals surface area contributed by atoms with Crippen LogP contribution in [0.5, 0.6) is 5.75 Å². The number of hydrogen-bond acceptors (Lipinski definition) is 3. The van der Waals surface area contributed by atoms with Gasteiger partial charge in [-0.2, -0.15) is 0 Å². The standard InChI is InChI=1S/C22H32BrNO3/c1-3-8-18(23)22(26)17-12-13-19(20(15-17)27-4-2)24-21(25)14-11-16-9-6-5-7-10-16/h12-13,15-16,18H,3-11,14H2,1-2H3,(H,24,25). The molecule has 0 bridgehead atoms. The Labute approximate surface area is 171 Å². The predicted molar refractivity (Wildman–Crippen MR) is 114 cm³/mol. The van der Waals surface area contributed by atoms with Gasteiger partial charge in [0.25, 0.3) is 0 Å². The van der Waals surface area contributed by atoms with Gasteiger partial charge in [0.05, 0.1) is 17.1 Å². The molecule has 0 aromatic heterocycles. The minimum Gasteiger partial charge on any atom is -0.492 e. The van der Waals surface area contributed by atoms with E-state index in [9.17, 15) is 9.59 Å². The van der Waals surface area contributed by atoms with Crippen LogP contribution in [0.15, 0.2) is 18.2 Å². The Morgan fingerprint density at radius 2 is 1.96 bits per heavy atom. The van der Waals surface area contributed by atoms with Crippen LogP contribution in [0.4, 0.5) is 5.69 Å². The second-order valence-electron chi connectivity index (χ2n) is 7.36. The van der Waals surface area contributed by atoms with Crippen molar-refractivity contribution in [2.45, 2.75) is 76.5 Å². The maximum absolute atomic E-state index is 12.5. The Hall–Kier alpha value is -1.36. The second-order valence-corrected chi connectivity index (χ2v) is 8.46. The third kappa shape index (κ3) is 6.95. The lowest BCUT2D eigenvalue weighted by Gasteiger charge is -2.21. The summed E-state index contributed by atoms with van der Waals surface area (Å²) in [7, 11) is 0. The molecule has 1 saturated carbocycles. The molecule has 1 aromatic carbocycles. The van der Waals surface area contributed by atoms with E-state index in [2.05, 4.69) is 28.2 Å². The van der Waals surface area contributed by atoms with Crippen molar-refractivity contribution in [3.05, 3.63) is 23.8 Å². The van der Waals surface area contributed by atoms with Crippen LogP contribution in [-0.2, 0) is 4.79 Å². The number of anilines is 1. The average Bonchev–Trinajstić information content (AvgIpc) is 2.68. The molecule has 1 atom stereocenters. The van der Waals surface area contributed by atoms with Gasteiger partial charge in [0.2, 0.25) is 5.91 Å². The highest BCUT2D eigenvalue weighted by molar-refractivity contribution is 9.10. The number of nitrogens with one attached hydrogen (secondary N) is 1. The van der Waals surface area contributed by atoms with E-state index < -0.39 is 0 Å². The van der Waals surface area contributed by atoms with Crippen LogP contribution in [0.1, 0.15) is 82.0 Å². The molecule has 0 saturated heterocycles. The topological polar surface area (TPSA) is 55.4 Å². The molecule has 1 unspecified atom stereocenters. The molecule has 0 radical (unpaired) electrons. The first kappa shape index (κ1) is 21.9. The van der Waals surface area contributed by atoms with E-state index in [4.69, 9.17) is 4.74 Å². The van der Waals surface area contributed by atoms with Gasteiger partial charge in [-0.25, -0.2) is 0 Å². The van der Waals surface area contributed by atoms with Gasteiger partial charge in [-0.05, 0) is 43.9 Å². The molecule has 1 N–H and O–H groups in total. The molecule has 1 aliphatic rings. The number of carbonyl (C=O) groups is 2. The molecule has 5 heteroatoms. The van der Waals surface area contributed by atoms with Crippen LogP contribution in [-0.4, -0.2) is 23.1 Å². The van der Waals surface area contributed by atoms with E-state index in [0.717, 1.165) is 19.3 Å². The number of ketones is 1. The van der Waals surface area contributed by atoms with Crippen LogP contribution >= 0.6 is 15.9 Å². The van der Waals surface area contributed by atoms with Crippen molar-refractivity contribution in [3.63, 3.8) is 0 Å². The summed E-state index contributed by atoms with van der Waals surface area (Å²) in [5.74, 6) is 1.31. The average molecular weight is 438 g/mol. The maximum atomic E-state index is 12.5. The zero-order chi connectivity index (χ0) is 19.6. The van der Waals surface area contributed by atoms with Crippen LogP contribution in [0, 0.1) is 5.92 Å². The Morgan fingerprint density at radius 3 is 2.63 bits per heavy atom. The fraction of sp³-hybridized carbons (Fsp3) is 0.636. The minimum atomic E-state index is -0.187. The normalized spacial score (nSPS) is 16.0. The molecule has 2 rings (SSSR count). The Balaban J connectivity index is 2.00. The molecule has 150 valence electrons. The SMILES string of the molecule is CCCC(Br)C(=O)c1ccc(NC(=O)CCC2CCCCC2)c(OCC)c1. The van der Waals surface area contributed by atoms with Gasteiger partial charge in [-0.3, -0.25) is 9.59 Å². The molecule has 4 nitrogen and oxygen atoms in total. The summed E-state index contributed by atoms with van der Waals surface area (Å²) in [5, 5.41) is 2.97. The van der Waals surface area contributed by atoms with Crippen molar-refractivity contribution in [2.24, 2.45) is 5.92 Å². The van der Waals surface area contributed by atoms with E-state index in [1.165, 1.54) is 32.1 Å². The zero-order valence-corrected chi connectivity index (χ0v) is 18.1. The van der Waals surface area contributed by atoms with E-state index in [-0.39, 0.29) is 16.5 Å². The fourth-order valence-electron chi connectivity index (χ4n) is 3.64. The van der Waals surface area contributed by atoms with Gasteiger partial charge in [-0.1, -0.05) is 61.4 Å².